The van der Waals surface area contributed by atoms with Crippen molar-refractivity contribution in [3.63, 3.8) is 0 Å². The van der Waals surface area contributed by atoms with Crippen LogP contribution in [0.15, 0.2) is 48.5 Å². The number of hydrogen-bond donors (Lipinski definition) is 0. The van der Waals surface area contributed by atoms with Crippen molar-refractivity contribution in [1.82, 2.24) is 4.98 Å². The molecule has 0 N–H and O–H groups in total. The van der Waals surface area contributed by atoms with Gasteiger partial charge < -0.3 is 0 Å². The van der Waals surface area contributed by atoms with Gasteiger partial charge in [0.1, 0.15) is 0 Å². The molecule has 1 heteroatoms. The molecule has 0 saturated heterocycles. The molecule has 19 heavy (non-hydrogen) atoms. The zero-order valence-corrected chi connectivity index (χ0v) is 11.6. The van der Waals surface area contributed by atoms with E-state index in [2.05, 4.69) is 69.3 Å². The summed E-state index contributed by atoms with van der Waals surface area (Å²) in [7, 11) is 0. The Hall–Kier alpha value is -2.15. The minimum atomic E-state index is 1.05. The molecule has 0 aliphatic rings. The fraction of sp³-hybridized carbons (Fsp3) is 0.167. The van der Waals surface area contributed by atoms with Crippen LogP contribution in [0.1, 0.15) is 16.7 Å². The van der Waals surface area contributed by atoms with E-state index in [1.165, 1.54) is 27.6 Å². The zero-order chi connectivity index (χ0) is 13.4. The monoisotopic (exact) mass is 247 g/mol. The van der Waals surface area contributed by atoms with E-state index >= 15 is 0 Å². The molecule has 1 nitrogen and oxygen atoms in total. The summed E-state index contributed by atoms with van der Waals surface area (Å²) >= 11 is 0. The van der Waals surface area contributed by atoms with Crippen LogP contribution in [0.4, 0.5) is 0 Å². The summed E-state index contributed by atoms with van der Waals surface area (Å²) in [6.07, 6.45) is 0. The van der Waals surface area contributed by atoms with Crippen LogP contribution < -0.4 is 0 Å². The molecule has 3 aromatic rings. The molecule has 0 unspecified atom stereocenters. The smallest absolute Gasteiger partial charge is 0.0712 e. The average molecular weight is 247 g/mol. The average Bonchev–Trinajstić information content (AvgIpc) is 2.38. The third kappa shape index (κ3) is 2.24. The predicted octanol–water partition coefficient (Wildman–Crippen LogP) is 4.83. The molecule has 0 bridgehead atoms. The summed E-state index contributed by atoms with van der Waals surface area (Å²) in [6, 6.07) is 17.2. The molecule has 3 rings (SSSR count). The number of aryl methyl sites for hydroxylation is 3. The van der Waals surface area contributed by atoms with E-state index < -0.39 is 0 Å². The quantitative estimate of drug-likeness (QED) is 0.600. The highest BCUT2D eigenvalue weighted by Gasteiger charge is 2.05. The van der Waals surface area contributed by atoms with Crippen molar-refractivity contribution in [3.8, 4) is 11.3 Å². The summed E-state index contributed by atoms with van der Waals surface area (Å²) in [4.78, 5) is 4.80. The second-order valence-electron chi connectivity index (χ2n) is 5.21. The number of benzene rings is 2. The first-order valence-corrected chi connectivity index (χ1v) is 6.58. The lowest BCUT2D eigenvalue weighted by Gasteiger charge is -2.08. The highest BCUT2D eigenvalue weighted by atomic mass is 14.7. The van der Waals surface area contributed by atoms with Crippen molar-refractivity contribution in [2.75, 3.05) is 0 Å². The zero-order valence-electron chi connectivity index (χ0n) is 11.6. The fourth-order valence-corrected chi connectivity index (χ4v) is 2.48. The van der Waals surface area contributed by atoms with Crippen LogP contribution in [0.25, 0.3) is 22.2 Å². The number of rotatable bonds is 1. The van der Waals surface area contributed by atoms with Gasteiger partial charge in [-0.05, 0) is 44.0 Å². The second-order valence-corrected chi connectivity index (χ2v) is 5.21. The third-order valence-corrected chi connectivity index (χ3v) is 3.51. The van der Waals surface area contributed by atoms with Crippen LogP contribution in [-0.2, 0) is 0 Å². The van der Waals surface area contributed by atoms with Crippen LogP contribution in [0.5, 0.6) is 0 Å². The minimum Gasteiger partial charge on any atom is -0.248 e. The Bertz CT molecular complexity index is 757. The minimum absolute atomic E-state index is 1.05. The second kappa shape index (κ2) is 4.51. The van der Waals surface area contributed by atoms with Gasteiger partial charge in [-0.1, -0.05) is 42.0 Å². The Morgan fingerprint density at radius 1 is 0.737 bits per heavy atom. The molecule has 0 aliphatic heterocycles. The molecule has 2 aromatic carbocycles. The highest BCUT2D eigenvalue weighted by Crippen LogP contribution is 2.25. The molecule has 0 fully saturated rings. The molecule has 0 radical (unpaired) electrons. The van der Waals surface area contributed by atoms with Crippen molar-refractivity contribution in [2.24, 2.45) is 0 Å². The van der Waals surface area contributed by atoms with E-state index in [9.17, 15) is 0 Å². The van der Waals surface area contributed by atoms with Gasteiger partial charge in [0, 0.05) is 10.9 Å². The Morgan fingerprint density at radius 3 is 2.21 bits per heavy atom. The van der Waals surface area contributed by atoms with Crippen molar-refractivity contribution in [3.05, 3.63) is 65.2 Å². The van der Waals surface area contributed by atoms with Crippen LogP contribution in [0.3, 0.4) is 0 Å². The van der Waals surface area contributed by atoms with Crippen LogP contribution in [-0.4, -0.2) is 4.98 Å². The molecule has 94 valence electrons. The molecule has 1 aromatic heterocycles. The summed E-state index contributed by atoms with van der Waals surface area (Å²) in [5, 5.41) is 1.19. The van der Waals surface area contributed by atoms with Gasteiger partial charge in [0.05, 0.1) is 11.2 Å². The number of pyridine rings is 1. The normalized spacial score (nSPS) is 10.9. The van der Waals surface area contributed by atoms with Gasteiger partial charge >= 0.3 is 0 Å². The number of nitrogens with zero attached hydrogens (tertiary/aromatic N) is 1. The summed E-state index contributed by atoms with van der Waals surface area (Å²) < 4.78 is 0. The van der Waals surface area contributed by atoms with E-state index in [-0.39, 0.29) is 0 Å². The third-order valence-electron chi connectivity index (χ3n) is 3.51. The van der Waals surface area contributed by atoms with E-state index in [1.807, 2.05) is 0 Å². The van der Waals surface area contributed by atoms with Gasteiger partial charge in [-0.3, -0.25) is 0 Å². The maximum absolute atomic E-state index is 4.80. The topological polar surface area (TPSA) is 12.9 Å². The van der Waals surface area contributed by atoms with Gasteiger partial charge in [-0.2, -0.15) is 0 Å². The van der Waals surface area contributed by atoms with Crippen molar-refractivity contribution < 1.29 is 0 Å². The SMILES string of the molecule is Cc1ccc(-c2ccc3ccc(C)cc3n2)c(C)c1. The lowest BCUT2D eigenvalue weighted by atomic mass is 10.0. The van der Waals surface area contributed by atoms with Crippen molar-refractivity contribution >= 4 is 10.9 Å². The Balaban J connectivity index is 2.19. The van der Waals surface area contributed by atoms with Gasteiger partial charge in [-0.25, -0.2) is 4.98 Å². The molecule has 0 spiro atoms. The lowest BCUT2D eigenvalue weighted by Crippen LogP contribution is -1.89. The molecular formula is C18H17N. The molecule has 0 amide bonds. The van der Waals surface area contributed by atoms with E-state index in [4.69, 9.17) is 4.98 Å². The largest absolute Gasteiger partial charge is 0.248 e. The van der Waals surface area contributed by atoms with Crippen molar-refractivity contribution in [1.29, 1.82) is 0 Å². The first-order valence-electron chi connectivity index (χ1n) is 6.58. The van der Waals surface area contributed by atoms with Gasteiger partial charge in [-0.15, -0.1) is 0 Å². The fourth-order valence-electron chi connectivity index (χ4n) is 2.48. The predicted molar refractivity (Wildman–Crippen MR) is 81.4 cm³/mol. The van der Waals surface area contributed by atoms with Crippen LogP contribution in [0, 0.1) is 20.8 Å². The molecule has 0 atom stereocenters. The summed E-state index contributed by atoms with van der Waals surface area (Å²) in [6.45, 7) is 6.36. The summed E-state index contributed by atoms with van der Waals surface area (Å²) in [5.41, 5.74) is 7.15. The van der Waals surface area contributed by atoms with Crippen LogP contribution in [0.2, 0.25) is 0 Å². The molecule has 1 heterocycles. The molecule has 0 saturated carbocycles. The molecular weight excluding hydrogens is 230 g/mol. The first kappa shape index (κ1) is 11.9. The highest BCUT2D eigenvalue weighted by molar-refractivity contribution is 5.82. The van der Waals surface area contributed by atoms with Crippen molar-refractivity contribution in [2.45, 2.75) is 20.8 Å². The first-order chi connectivity index (χ1) is 9.13. The van der Waals surface area contributed by atoms with Gasteiger partial charge in [0.2, 0.25) is 0 Å². The lowest BCUT2D eigenvalue weighted by molar-refractivity contribution is 1.33. The summed E-state index contributed by atoms with van der Waals surface area (Å²) in [5.74, 6) is 0. The van der Waals surface area contributed by atoms with Crippen LogP contribution >= 0.6 is 0 Å². The van der Waals surface area contributed by atoms with Gasteiger partial charge in [0.15, 0.2) is 0 Å². The number of fused-ring (bicyclic) bond motifs is 1. The molecule has 0 aliphatic carbocycles. The maximum atomic E-state index is 4.80. The standard InChI is InChI=1S/C18H17N/c1-12-5-8-16(14(3)10-12)17-9-7-15-6-4-13(2)11-18(15)19-17/h4-11H,1-3H3. The van der Waals surface area contributed by atoms with Gasteiger partial charge in [0.25, 0.3) is 0 Å². The van der Waals surface area contributed by atoms with E-state index in [1.54, 1.807) is 0 Å². The Morgan fingerprint density at radius 2 is 1.42 bits per heavy atom. The maximum Gasteiger partial charge on any atom is 0.0712 e. The Labute approximate surface area is 113 Å². The van der Waals surface area contributed by atoms with E-state index in [0.29, 0.717) is 0 Å². The number of aromatic nitrogens is 1. The van der Waals surface area contributed by atoms with E-state index in [0.717, 1.165) is 11.2 Å². The Kier molecular flexibility index (Phi) is 2.83. The number of hydrogen-bond acceptors (Lipinski definition) is 1.